The third-order valence-electron chi connectivity index (χ3n) is 2.28. The molecule has 1 aromatic carbocycles. The number of nitrogens with two attached hydrogens (primary N) is 2. The molecule has 0 saturated heterocycles. The minimum Gasteiger partial charge on any atom is -0.479 e. The van der Waals surface area contributed by atoms with Gasteiger partial charge in [-0.15, -0.1) is 11.6 Å². The average molecular weight is 303 g/mol. The Balaban J connectivity index is 0.00000110. The minimum absolute atomic E-state index is 0.0358. The molecule has 0 spiro atoms. The van der Waals surface area contributed by atoms with Gasteiger partial charge in [-0.05, 0) is 5.56 Å². The maximum Gasteiger partial charge on any atom is 0.339 e. The normalized spacial score (nSPS) is 12.6. The van der Waals surface area contributed by atoms with Crippen LogP contribution < -0.4 is 11.5 Å². The summed E-state index contributed by atoms with van der Waals surface area (Å²) in [4.78, 5) is 22.3. The van der Waals surface area contributed by atoms with Crippen molar-refractivity contribution in [3.05, 3.63) is 35.9 Å². The van der Waals surface area contributed by atoms with E-state index >= 15 is 0 Å². The summed E-state index contributed by atoms with van der Waals surface area (Å²) in [5, 5.41) is 8.79. The first-order valence-electron chi connectivity index (χ1n) is 5.91. The lowest BCUT2D eigenvalue weighted by molar-refractivity contribution is -0.161. The molecular formula is C13H19ClN2O4. The van der Waals surface area contributed by atoms with E-state index in [4.69, 9.17) is 32.9 Å². The highest BCUT2D eigenvalue weighted by molar-refractivity contribution is 6.17. The molecule has 112 valence electrons. The third-order valence-corrected chi connectivity index (χ3v) is 2.28. The maximum absolute atomic E-state index is 11.5. The van der Waals surface area contributed by atoms with Crippen LogP contribution in [0.3, 0.4) is 0 Å². The Morgan fingerprint density at radius 3 is 2.25 bits per heavy atom. The molecule has 0 saturated carbocycles. The van der Waals surface area contributed by atoms with Crippen molar-refractivity contribution < 1.29 is 19.4 Å². The number of benzene rings is 1. The van der Waals surface area contributed by atoms with Gasteiger partial charge in [0.25, 0.3) is 0 Å². The lowest BCUT2D eigenvalue weighted by Crippen LogP contribution is -2.60. The predicted octanol–water partition coefficient (Wildman–Crippen LogP) is 0.716. The number of carbonyl (C=O) groups is 2. The van der Waals surface area contributed by atoms with E-state index in [-0.39, 0.29) is 6.61 Å². The van der Waals surface area contributed by atoms with Crippen molar-refractivity contribution in [1.29, 1.82) is 0 Å². The Labute approximate surface area is 122 Å². The van der Waals surface area contributed by atoms with Crippen LogP contribution in [0.5, 0.6) is 0 Å². The molecule has 1 atom stereocenters. The zero-order valence-electron chi connectivity index (χ0n) is 11.2. The van der Waals surface area contributed by atoms with Crippen molar-refractivity contribution in [3.8, 4) is 0 Å². The van der Waals surface area contributed by atoms with Crippen LogP contribution in [0, 0.1) is 0 Å². The number of rotatable bonds is 5. The summed E-state index contributed by atoms with van der Waals surface area (Å²) in [7, 11) is 0. The lowest BCUT2D eigenvalue weighted by Gasteiger charge is -2.20. The van der Waals surface area contributed by atoms with Crippen molar-refractivity contribution in [2.24, 2.45) is 11.5 Å². The molecule has 6 nitrogen and oxygen atoms in total. The fourth-order valence-corrected chi connectivity index (χ4v) is 1.11. The highest BCUT2D eigenvalue weighted by atomic mass is 35.5. The largest absolute Gasteiger partial charge is 0.479 e. The van der Waals surface area contributed by atoms with Crippen LogP contribution in [-0.4, -0.2) is 35.0 Å². The number of halogens is 1. The summed E-state index contributed by atoms with van der Waals surface area (Å²) >= 11 is 5.00. The molecule has 1 rings (SSSR count). The average Bonchev–Trinajstić information content (AvgIpc) is 2.45. The van der Waals surface area contributed by atoms with Crippen LogP contribution in [0.2, 0.25) is 0 Å². The van der Waals surface area contributed by atoms with Crippen LogP contribution in [0.15, 0.2) is 30.3 Å². The molecule has 20 heavy (non-hydrogen) atoms. The number of carbonyl (C=O) groups excluding carboxylic acids is 1. The Morgan fingerprint density at radius 2 is 1.85 bits per heavy atom. The molecule has 0 aliphatic rings. The number of hydrogen-bond donors (Lipinski definition) is 3. The number of carboxylic acids is 1. The zero-order valence-corrected chi connectivity index (χ0v) is 12.0. The quantitative estimate of drug-likeness (QED) is 0.419. The van der Waals surface area contributed by atoms with E-state index in [0.717, 1.165) is 11.4 Å². The van der Waals surface area contributed by atoms with E-state index in [0.29, 0.717) is 0 Å². The van der Waals surface area contributed by atoms with Gasteiger partial charge in [0, 0.05) is 12.4 Å². The van der Waals surface area contributed by atoms with Gasteiger partial charge in [-0.25, -0.2) is 9.59 Å². The Bertz CT molecular complexity index is 428. The summed E-state index contributed by atoms with van der Waals surface area (Å²) in [6, 6.07) is 8.86. The molecule has 0 aromatic heterocycles. The van der Waals surface area contributed by atoms with Gasteiger partial charge in [-0.2, -0.15) is 0 Å². The zero-order chi connectivity index (χ0) is 15.6. The summed E-state index contributed by atoms with van der Waals surface area (Å²) in [6.07, 6.45) is 0. The maximum atomic E-state index is 11.5. The van der Waals surface area contributed by atoms with Crippen LogP contribution in [0.1, 0.15) is 12.5 Å². The van der Waals surface area contributed by atoms with Crippen LogP contribution in [0.25, 0.3) is 0 Å². The van der Waals surface area contributed by atoms with Gasteiger partial charge in [-0.1, -0.05) is 37.3 Å². The molecule has 0 aliphatic heterocycles. The first kappa shape index (κ1) is 18.4. The van der Waals surface area contributed by atoms with Crippen molar-refractivity contribution in [2.75, 3.05) is 12.4 Å². The van der Waals surface area contributed by atoms with E-state index < -0.39 is 24.0 Å². The van der Waals surface area contributed by atoms with Crippen molar-refractivity contribution >= 4 is 23.5 Å². The molecule has 0 fully saturated rings. The Hall–Kier alpha value is -1.63. The van der Waals surface area contributed by atoms with Crippen LogP contribution in [0.4, 0.5) is 0 Å². The molecular weight excluding hydrogens is 284 g/mol. The molecule has 1 aromatic rings. The molecule has 0 radical (unpaired) electrons. The van der Waals surface area contributed by atoms with Gasteiger partial charge in [0.15, 0.2) is 0 Å². The first-order chi connectivity index (χ1) is 9.42. The Morgan fingerprint density at radius 1 is 1.35 bits per heavy atom. The minimum atomic E-state index is -2.19. The number of esters is 1. The summed E-state index contributed by atoms with van der Waals surface area (Å²) in [6.45, 7) is 1.34. The molecule has 0 bridgehead atoms. The molecule has 0 aliphatic carbocycles. The number of alkyl halides is 1. The van der Waals surface area contributed by atoms with Gasteiger partial charge in [-0.3, -0.25) is 0 Å². The highest BCUT2D eigenvalue weighted by Crippen LogP contribution is 2.06. The first-order valence-corrected chi connectivity index (χ1v) is 6.45. The van der Waals surface area contributed by atoms with E-state index in [2.05, 4.69) is 0 Å². The van der Waals surface area contributed by atoms with Gasteiger partial charge >= 0.3 is 11.9 Å². The smallest absolute Gasteiger partial charge is 0.339 e. The Kier molecular flexibility index (Phi) is 8.54. The van der Waals surface area contributed by atoms with Crippen molar-refractivity contribution in [3.63, 3.8) is 0 Å². The summed E-state index contributed by atoms with van der Waals surface area (Å²) in [5.74, 6) is -1.82. The predicted molar refractivity (Wildman–Crippen MR) is 76.2 cm³/mol. The van der Waals surface area contributed by atoms with E-state index in [1.807, 2.05) is 13.0 Å². The third kappa shape index (κ3) is 5.56. The van der Waals surface area contributed by atoms with E-state index in [9.17, 15) is 9.59 Å². The highest BCUT2D eigenvalue weighted by Gasteiger charge is 2.42. The van der Waals surface area contributed by atoms with E-state index in [1.54, 1.807) is 24.3 Å². The summed E-state index contributed by atoms with van der Waals surface area (Å²) < 4.78 is 4.82. The number of hydrogen-bond acceptors (Lipinski definition) is 5. The lowest BCUT2D eigenvalue weighted by atomic mass is 10.0. The fraction of sp³-hybridized carbons (Fsp3) is 0.385. The van der Waals surface area contributed by atoms with E-state index in [1.165, 1.54) is 0 Å². The molecule has 5 N–H and O–H groups in total. The molecule has 0 heterocycles. The molecule has 0 amide bonds. The van der Waals surface area contributed by atoms with Gasteiger partial charge in [0.2, 0.25) is 5.54 Å². The SMILES string of the molecule is CCCl.NCC(N)(C(=O)O)C(=O)OCc1ccccc1. The van der Waals surface area contributed by atoms with Crippen LogP contribution >= 0.6 is 11.6 Å². The van der Waals surface area contributed by atoms with Gasteiger partial charge in [0.05, 0.1) is 0 Å². The van der Waals surface area contributed by atoms with Crippen molar-refractivity contribution in [2.45, 2.75) is 19.1 Å². The number of aliphatic carboxylic acids is 1. The monoisotopic (exact) mass is 302 g/mol. The summed E-state index contributed by atoms with van der Waals surface area (Å²) in [5.41, 5.74) is 9.08. The molecule has 1 unspecified atom stereocenters. The number of carboxylic acid groups (broad SMARTS) is 1. The fourth-order valence-electron chi connectivity index (χ4n) is 1.11. The second-order valence-corrected chi connectivity index (χ2v) is 4.34. The van der Waals surface area contributed by atoms with Gasteiger partial charge < -0.3 is 21.3 Å². The van der Waals surface area contributed by atoms with Crippen molar-refractivity contribution in [1.82, 2.24) is 0 Å². The topological polar surface area (TPSA) is 116 Å². The molecule has 7 heteroatoms. The van der Waals surface area contributed by atoms with Gasteiger partial charge in [0.1, 0.15) is 6.61 Å². The van der Waals surface area contributed by atoms with Crippen LogP contribution in [-0.2, 0) is 20.9 Å². The second kappa shape index (κ2) is 9.30. The standard InChI is InChI=1S/C11H14N2O4.C2H5Cl/c12-7-11(13,9(14)15)10(16)17-6-8-4-2-1-3-5-8;1-2-3/h1-5H,6-7,12-13H2,(H,14,15);2H2,1H3. The number of ether oxygens (including phenoxy) is 1. The second-order valence-electron chi connectivity index (χ2n) is 3.81.